The van der Waals surface area contributed by atoms with Gasteiger partial charge in [-0.3, -0.25) is 9.52 Å². The summed E-state index contributed by atoms with van der Waals surface area (Å²) in [6.45, 7) is 1.44. The molecule has 0 saturated carbocycles. The SMILES string of the molecule is CSc1ccc(S(=O)(=O)Nc2ccccc2C(=O)N2CCCCC2)cc1. The molecule has 0 unspecified atom stereocenters. The van der Waals surface area contributed by atoms with Crippen molar-refractivity contribution in [2.45, 2.75) is 29.1 Å². The smallest absolute Gasteiger partial charge is 0.261 e. The number of thioether (sulfide) groups is 1. The van der Waals surface area contributed by atoms with E-state index in [0.717, 1.165) is 37.2 Å². The average Bonchev–Trinajstić information content (AvgIpc) is 2.68. The van der Waals surface area contributed by atoms with Crippen molar-refractivity contribution in [1.29, 1.82) is 0 Å². The first-order valence-electron chi connectivity index (χ1n) is 8.56. The van der Waals surface area contributed by atoms with Crippen LogP contribution in [0, 0.1) is 0 Å². The maximum absolute atomic E-state index is 12.8. The number of nitrogens with zero attached hydrogens (tertiary/aromatic N) is 1. The molecule has 0 aliphatic carbocycles. The van der Waals surface area contributed by atoms with Crippen molar-refractivity contribution in [3.63, 3.8) is 0 Å². The zero-order valence-electron chi connectivity index (χ0n) is 14.6. The van der Waals surface area contributed by atoms with Crippen LogP contribution in [-0.4, -0.2) is 38.6 Å². The molecule has 1 aliphatic rings. The molecule has 1 aliphatic heterocycles. The average molecular weight is 391 g/mol. The lowest BCUT2D eigenvalue weighted by atomic mass is 10.1. The van der Waals surface area contributed by atoms with E-state index >= 15 is 0 Å². The molecule has 1 saturated heterocycles. The lowest BCUT2D eigenvalue weighted by Crippen LogP contribution is -2.36. The number of likely N-dealkylation sites (tertiary alicyclic amines) is 1. The molecule has 0 radical (unpaired) electrons. The minimum atomic E-state index is -3.76. The number of anilines is 1. The quantitative estimate of drug-likeness (QED) is 0.788. The second kappa shape index (κ2) is 8.14. The Bertz CT molecular complexity index is 874. The molecule has 1 amide bonds. The summed E-state index contributed by atoms with van der Waals surface area (Å²) < 4.78 is 28.0. The van der Waals surface area contributed by atoms with Gasteiger partial charge in [0.1, 0.15) is 0 Å². The third-order valence-electron chi connectivity index (χ3n) is 4.41. The Kier molecular flexibility index (Phi) is 5.88. The zero-order chi connectivity index (χ0) is 18.6. The highest BCUT2D eigenvalue weighted by Gasteiger charge is 2.23. The maximum Gasteiger partial charge on any atom is 0.261 e. The van der Waals surface area contributed by atoms with Crippen molar-refractivity contribution in [2.24, 2.45) is 0 Å². The lowest BCUT2D eigenvalue weighted by molar-refractivity contribution is 0.0725. The number of carbonyl (C=O) groups is 1. The van der Waals surface area contributed by atoms with Crippen LogP contribution in [0.4, 0.5) is 5.69 Å². The van der Waals surface area contributed by atoms with Gasteiger partial charge >= 0.3 is 0 Å². The van der Waals surface area contributed by atoms with Crippen LogP contribution in [0.1, 0.15) is 29.6 Å². The number of rotatable bonds is 5. The van der Waals surface area contributed by atoms with E-state index in [2.05, 4.69) is 4.72 Å². The minimum Gasteiger partial charge on any atom is -0.339 e. The second-order valence-corrected chi connectivity index (χ2v) is 8.74. The number of sulfonamides is 1. The molecule has 0 bridgehead atoms. The van der Waals surface area contributed by atoms with Crippen LogP contribution in [0.5, 0.6) is 0 Å². The molecule has 5 nitrogen and oxygen atoms in total. The highest BCUT2D eigenvalue weighted by molar-refractivity contribution is 7.98. The van der Waals surface area contributed by atoms with E-state index in [1.807, 2.05) is 6.26 Å². The van der Waals surface area contributed by atoms with Gasteiger partial charge in [0.25, 0.3) is 15.9 Å². The van der Waals surface area contributed by atoms with E-state index < -0.39 is 10.0 Å². The van der Waals surface area contributed by atoms with Gasteiger partial charge < -0.3 is 4.90 Å². The fraction of sp³-hybridized carbons (Fsp3) is 0.316. The van der Waals surface area contributed by atoms with Crippen molar-refractivity contribution in [1.82, 2.24) is 4.90 Å². The van der Waals surface area contributed by atoms with E-state index in [9.17, 15) is 13.2 Å². The first kappa shape index (κ1) is 18.8. The van der Waals surface area contributed by atoms with Gasteiger partial charge in [0.05, 0.1) is 16.1 Å². The molecule has 3 rings (SSSR count). The van der Waals surface area contributed by atoms with Gasteiger partial charge in [0.15, 0.2) is 0 Å². The molecule has 138 valence electrons. The van der Waals surface area contributed by atoms with Crippen molar-refractivity contribution >= 4 is 33.4 Å². The largest absolute Gasteiger partial charge is 0.339 e. The summed E-state index contributed by atoms with van der Waals surface area (Å²) in [4.78, 5) is 15.8. The van der Waals surface area contributed by atoms with E-state index in [4.69, 9.17) is 0 Å². The van der Waals surface area contributed by atoms with Crippen LogP contribution in [0.15, 0.2) is 58.3 Å². The van der Waals surface area contributed by atoms with Crippen LogP contribution in [0.25, 0.3) is 0 Å². The van der Waals surface area contributed by atoms with Crippen LogP contribution in [0.3, 0.4) is 0 Å². The van der Waals surface area contributed by atoms with E-state index in [1.165, 1.54) is 0 Å². The number of amides is 1. The third-order valence-corrected chi connectivity index (χ3v) is 6.54. The van der Waals surface area contributed by atoms with Crippen molar-refractivity contribution in [2.75, 3.05) is 24.1 Å². The standard InChI is InChI=1S/C19H22N2O3S2/c1-25-15-9-11-16(12-10-15)26(23,24)20-18-8-4-3-7-17(18)19(22)21-13-5-2-6-14-21/h3-4,7-12,20H,2,5-6,13-14H2,1H3. The predicted molar refractivity (Wildman–Crippen MR) is 105 cm³/mol. The van der Waals surface area contributed by atoms with Gasteiger partial charge in [-0.1, -0.05) is 12.1 Å². The Hall–Kier alpha value is -1.99. The second-order valence-electron chi connectivity index (χ2n) is 6.18. The van der Waals surface area contributed by atoms with Crippen LogP contribution < -0.4 is 4.72 Å². The zero-order valence-corrected chi connectivity index (χ0v) is 16.3. The molecule has 26 heavy (non-hydrogen) atoms. The summed E-state index contributed by atoms with van der Waals surface area (Å²) in [6.07, 6.45) is 5.04. The number of hydrogen-bond donors (Lipinski definition) is 1. The fourth-order valence-corrected chi connectivity index (χ4v) is 4.47. The van der Waals surface area contributed by atoms with Crippen molar-refractivity contribution in [3.8, 4) is 0 Å². The number of piperidine rings is 1. The summed E-state index contributed by atoms with van der Waals surface area (Å²) in [6, 6.07) is 13.5. The van der Waals surface area contributed by atoms with Crippen LogP contribution in [0.2, 0.25) is 0 Å². The Balaban J connectivity index is 1.86. The third kappa shape index (κ3) is 4.22. The van der Waals surface area contributed by atoms with Crippen LogP contribution >= 0.6 is 11.8 Å². The molecule has 0 atom stereocenters. The topological polar surface area (TPSA) is 66.5 Å². The number of nitrogens with one attached hydrogen (secondary N) is 1. The Labute approximate surface area is 158 Å². The van der Waals surface area contributed by atoms with E-state index in [-0.39, 0.29) is 10.8 Å². The first-order valence-corrected chi connectivity index (χ1v) is 11.3. The Morgan fingerprint density at radius 2 is 1.65 bits per heavy atom. The molecular weight excluding hydrogens is 368 g/mol. The molecule has 1 heterocycles. The molecule has 0 aromatic heterocycles. The molecule has 1 fully saturated rings. The van der Waals surface area contributed by atoms with Gasteiger partial charge in [0, 0.05) is 18.0 Å². The minimum absolute atomic E-state index is 0.124. The van der Waals surface area contributed by atoms with Gasteiger partial charge in [-0.25, -0.2) is 8.42 Å². The lowest BCUT2D eigenvalue weighted by Gasteiger charge is -2.27. The molecule has 0 spiro atoms. The van der Waals surface area contributed by atoms with E-state index in [1.54, 1.807) is 65.2 Å². The predicted octanol–water partition coefficient (Wildman–Crippen LogP) is 3.84. The molecule has 2 aromatic carbocycles. The summed E-state index contributed by atoms with van der Waals surface area (Å²) in [5, 5.41) is 0. The van der Waals surface area contributed by atoms with Gasteiger partial charge in [0.2, 0.25) is 0 Å². The first-order chi connectivity index (χ1) is 12.5. The molecular formula is C19H22N2O3S2. The van der Waals surface area contributed by atoms with Gasteiger partial charge in [-0.2, -0.15) is 0 Å². The normalized spacial score (nSPS) is 14.9. The number of hydrogen-bond acceptors (Lipinski definition) is 4. The molecule has 7 heteroatoms. The highest BCUT2D eigenvalue weighted by Crippen LogP contribution is 2.24. The maximum atomic E-state index is 12.8. The number of benzene rings is 2. The van der Waals surface area contributed by atoms with E-state index in [0.29, 0.717) is 11.3 Å². The van der Waals surface area contributed by atoms with Gasteiger partial charge in [-0.05, 0) is 61.9 Å². The number of para-hydroxylation sites is 1. The summed E-state index contributed by atoms with van der Waals surface area (Å²) in [7, 11) is -3.76. The van der Waals surface area contributed by atoms with Crippen LogP contribution in [-0.2, 0) is 10.0 Å². The fourth-order valence-electron chi connectivity index (χ4n) is 2.98. The Morgan fingerprint density at radius 3 is 2.31 bits per heavy atom. The van der Waals surface area contributed by atoms with Gasteiger partial charge in [-0.15, -0.1) is 11.8 Å². The summed E-state index contributed by atoms with van der Waals surface area (Å²) >= 11 is 1.55. The Morgan fingerprint density at radius 1 is 1.00 bits per heavy atom. The van der Waals surface area contributed by atoms with Crippen molar-refractivity contribution < 1.29 is 13.2 Å². The molecule has 1 N–H and O–H groups in total. The van der Waals surface area contributed by atoms with Crippen molar-refractivity contribution in [3.05, 3.63) is 54.1 Å². The summed E-state index contributed by atoms with van der Waals surface area (Å²) in [5.41, 5.74) is 0.704. The number of carbonyl (C=O) groups excluding carboxylic acids is 1. The molecule has 2 aromatic rings. The highest BCUT2D eigenvalue weighted by atomic mass is 32.2. The summed E-state index contributed by atoms with van der Waals surface area (Å²) in [5.74, 6) is -0.124. The monoisotopic (exact) mass is 390 g/mol.